The van der Waals surface area contributed by atoms with Crippen molar-refractivity contribution in [3.63, 3.8) is 0 Å². The molecule has 1 fully saturated rings. The second-order valence-electron chi connectivity index (χ2n) is 4.54. The molecule has 0 spiro atoms. The number of anilines is 2. The summed E-state index contributed by atoms with van der Waals surface area (Å²) < 4.78 is 5.30. The van der Waals surface area contributed by atoms with Gasteiger partial charge in [0.05, 0.1) is 12.5 Å². The lowest BCUT2D eigenvalue weighted by molar-refractivity contribution is -0.123. The largest absolute Gasteiger partial charge is 0.381 e. The highest BCUT2D eigenvalue weighted by Gasteiger charge is 2.22. The van der Waals surface area contributed by atoms with E-state index in [9.17, 15) is 4.79 Å². The average molecular weight is 250 g/mol. The summed E-state index contributed by atoms with van der Waals surface area (Å²) >= 11 is 0. The number of carbonyl (C=O) groups is 1. The summed E-state index contributed by atoms with van der Waals surface area (Å²) in [6.07, 6.45) is 3.44. The number of hydrogen-bond donors (Lipinski definition) is 1. The topological polar surface area (TPSA) is 67.4 Å². The molecule has 1 saturated heterocycles. The monoisotopic (exact) mass is 250 g/mol. The summed E-state index contributed by atoms with van der Waals surface area (Å²) in [5.74, 6) is 1.01. The van der Waals surface area contributed by atoms with E-state index in [0.29, 0.717) is 18.4 Å². The van der Waals surface area contributed by atoms with Gasteiger partial charge in [0.15, 0.2) is 0 Å². The molecular formula is C12H18N4O2. The zero-order chi connectivity index (χ0) is 13.0. The maximum atomic E-state index is 12.0. The van der Waals surface area contributed by atoms with E-state index in [-0.39, 0.29) is 11.8 Å². The van der Waals surface area contributed by atoms with Gasteiger partial charge in [-0.15, -0.1) is 0 Å². The number of rotatable bonds is 3. The van der Waals surface area contributed by atoms with Crippen molar-refractivity contribution in [2.75, 3.05) is 37.5 Å². The van der Waals surface area contributed by atoms with Crippen LogP contribution in [0.5, 0.6) is 0 Å². The van der Waals surface area contributed by atoms with Crippen LogP contribution in [0.2, 0.25) is 0 Å². The van der Waals surface area contributed by atoms with Gasteiger partial charge in [0, 0.05) is 26.9 Å². The SMILES string of the molecule is CN(C)c1nccc(NC(=O)C2CCCOC2)n1. The van der Waals surface area contributed by atoms with E-state index in [0.717, 1.165) is 19.4 Å². The smallest absolute Gasteiger partial charge is 0.230 e. The molecule has 0 radical (unpaired) electrons. The second kappa shape index (κ2) is 5.77. The van der Waals surface area contributed by atoms with Crippen molar-refractivity contribution in [2.45, 2.75) is 12.8 Å². The molecule has 0 aromatic carbocycles. The van der Waals surface area contributed by atoms with Gasteiger partial charge in [0.1, 0.15) is 5.82 Å². The van der Waals surface area contributed by atoms with Gasteiger partial charge < -0.3 is 15.0 Å². The number of carbonyl (C=O) groups excluding carboxylic acids is 1. The van der Waals surface area contributed by atoms with E-state index >= 15 is 0 Å². The fraction of sp³-hybridized carbons (Fsp3) is 0.583. The van der Waals surface area contributed by atoms with Crippen LogP contribution in [0.25, 0.3) is 0 Å². The van der Waals surface area contributed by atoms with E-state index in [1.807, 2.05) is 14.1 Å². The van der Waals surface area contributed by atoms with Crippen LogP contribution in [-0.2, 0) is 9.53 Å². The first-order chi connectivity index (χ1) is 8.66. The van der Waals surface area contributed by atoms with Crippen LogP contribution in [0.1, 0.15) is 12.8 Å². The van der Waals surface area contributed by atoms with Crippen molar-refractivity contribution in [3.05, 3.63) is 12.3 Å². The first-order valence-electron chi connectivity index (χ1n) is 6.06. The standard InChI is InChI=1S/C12H18N4O2/c1-16(2)12-13-6-5-10(15-12)14-11(17)9-4-3-7-18-8-9/h5-6,9H,3-4,7-8H2,1-2H3,(H,13,14,15,17). The first kappa shape index (κ1) is 12.8. The van der Waals surface area contributed by atoms with Crippen LogP contribution in [0.15, 0.2) is 12.3 Å². The van der Waals surface area contributed by atoms with Crippen LogP contribution >= 0.6 is 0 Å². The Morgan fingerprint density at radius 3 is 3.06 bits per heavy atom. The predicted molar refractivity (Wildman–Crippen MR) is 68.5 cm³/mol. The van der Waals surface area contributed by atoms with Crippen LogP contribution in [0, 0.1) is 5.92 Å². The molecule has 1 amide bonds. The van der Waals surface area contributed by atoms with Crippen molar-refractivity contribution in [1.29, 1.82) is 0 Å². The Bertz CT molecular complexity index is 416. The Morgan fingerprint density at radius 1 is 1.56 bits per heavy atom. The van der Waals surface area contributed by atoms with Crippen molar-refractivity contribution >= 4 is 17.7 Å². The molecule has 98 valence electrons. The lowest BCUT2D eigenvalue weighted by Crippen LogP contribution is -2.30. The molecule has 0 aliphatic carbocycles. The fourth-order valence-electron chi connectivity index (χ4n) is 1.81. The zero-order valence-corrected chi connectivity index (χ0v) is 10.7. The van der Waals surface area contributed by atoms with Gasteiger partial charge in [0.25, 0.3) is 0 Å². The van der Waals surface area contributed by atoms with Crippen LogP contribution in [-0.4, -0.2) is 43.2 Å². The quantitative estimate of drug-likeness (QED) is 0.863. The highest BCUT2D eigenvalue weighted by atomic mass is 16.5. The summed E-state index contributed by atoms with van der Waals surface area (Å²) in [6, 6.07) is 1.69. The molecule has 1 aromatic rings. The number of ether oxygens (including phenoxy) is 1. The highest BCUT2D eigenvalue weighted by molar-refractivity contribution is 5.91. The normalized spacial score (nSPS) is 19.3. The number of nitrogens with one attached hydrogen (secondary N) is 1. The predicted octanol–water partition coefficient (Wildman–Crippen LogP) is 0.908. The number of amides is 1. The molecule has 6 nitrogen and oxygen atoms in total. The fourth-order valence-corrected chi connectivity index (χ4v) is 1.81. The number of aromatic nitrogens is 2. The Labute approximate surface area is 106 Å². The Morgan fingerprint density at radius 2 is 2.39 bits per heavy atom. The van der Waals surface area contributed by atoms with Crippen LogP contribution < -0.4 is 10.2 Å². The maximum Gasteiger partial charge on any atom is 0.230 e. The van der Waals surface area contributed by atoms with Crippen molar-refractivity contribution < 1.29 is 9.53 Å². The lowest BCUT2D eigenvalue weighted by Gasteiger charge is -2.21. The van der Waals surface area contributed by atoms with Crippen molar-refractivity contribution in [3.8, 4) is 0 Å². The number of hydrogen-bond acceptors (Lipinski definition) is 5. The first-order valence-corrected chi connectivity index (χ1v) is 6.06. The van der Waals surface area contributed by atoms with E-state index in [1.165, 1.54) is 0 Å². The van der Waals surface area contributed by atoms with Gasteiger partial charge in [-0.05, 0) is 18.9 Å². The Kier molecular flexibility index (Phi) is 4.09. The summed E-state index contributed by atoms with van der Waals surface area (Å²) in [5, 5.41) is 2.81. The molecule has 1 N–H and O–H groups in total. The summed E-state index contributed by atoms with van der Waals surface area (Å²) in [7, 11) is 3.71. The molecule has 1 unspecified atom stereocenters. The van der Waals surface area contributed by atoms with Crippen molar-refractivity contribution in [2.24, 2.45) is 5.92 Å². The minimum atomic E-state index is -0.0727. The average Bonchev–Trinajstić information content (AvgIpc) is 2.40. The van der Waals surface area contributed by atoms with Gasteiger partial charge in [-0.2, -0.15) is 4.98 Å². The molecular weight excluding hydrogens is 232 g/mol. The zero-order valence-electron chi connectivity index (χ0n) is 10.7. The molecule has 1 aromatic heterocycles. The molecule has 6 heteroatoms. The van der Waals surface area contributed by atoms with Crippen LogP contribution in [0.3, 0.4) is 0 Å². The van der Waals surface area contributed by atoms with Gasteiger partial charge >= 0.3 is 0 Å². The van der Waals surface area contributed by atoms with Gasteiger partial charge in [0.2, 0.25) is 11.9 Å². The Hall–Kier alpha value is -1.69. The molecule has 1 aliphatic heterocycles. The molecule has 0 bridgehead atoms. The van der Waals surface area contributed by atoms with E-state index in [4.69, 9.17) is 4.74 Å². The summed E-state index contributed by atoms with van der Waals surface area (Å²) in [5.41, 5.74) is 0. The molecule has 1 atom stereocenters. The highest BCUT2D eigenvalue weighted by Crippen LogP contribution is 2.16. The van der Waals surface area contributed by atoms with Crippen molar-refractivity contribution in [1.82, 2.24) is 9.97 Å². The molecule has 2 rings (SSSR count). The second-order valence-corrected chi connectivity index (χ2v) is 4.54. The lowest BCUT2D eigenvalue weighted by atomic mass is 10.0. The molecule has 18 heavy (non-hydrogen) atoms. The summed E-state index contributed by atoms with van der Waals surface area (Å²) in [4.78, 5) is 22.1. The van der Waals surface area contributed by atoms with Gasteiger partial charge in [-0.25, -0.2) is 4.98 Å². The van der Waals surface area contributed by atoms with E-state index < -0.39 is 0 Å². The minimum absolute atomic E-state index is 0.0295. The number of nitrogens with zero attached hydrogens (tertiary/aromatic N) is 3. The third-order valence-electron chi connectivity index (χ3n) is 2.83. The molecule has 2 heterocycles. The maximum absolute atomic E-state index is 12.0. The van der Waals surface area contributed by atoms with Gasteiger partial charge in [-0.1, -0.05) is 0 Å². The third kappa shape index (κ3) is 3.16. The van der Waals surface area contributed by atoms with Gasteiger partial charge in [-0.3, -0.25) is 4.79 Å². The minimum Gasteiger partial charge on any atom is -0.381 e. The summed E-state index contributed by atoms with van der Waals surface area (Å²) in [6.45, 7) is 1.25. The Balaban J connectivity index is 1.99. The molecule has 0 saturated carbocycles. The van der Waals surface area contributed by atoms with Crippen LogP contribution in [0.4, 0.5) is 11.8 Å². The van der Waals surface area contributed by atoms with E-state index in [1.54, 1.807) is 17.2 Å². The molecule has 1 aliphatic rings. The van der Waals surface area contributed by atoms with E-state index in [2.05, 4.69) is 15.3 Å². The third-order valence-corrected chi connectivity index (χ3v) is 2.83.